The molecule has 0 amide bonds. The zero-order chi connectivity index (χ0) is 13.8. The lowest BCUT2D eigenvalue weighted by Gasteiger charge is -2.28. The van der Waals surface area contributed by atoms with Gasteiger partial charge >= 0.3 is 5.97 Å². The molecule has 0 aromatic heterocycles. The fraction of sp³-hybridized carbons (Fsp3) is 0.308. The average Bonchev–Trinajstić information content (AvgIpc) is 2.38. The Labute approximate surface area is 119 Å². The molecular formula is C13H14ClNO3S. The molecule has 1 aliphatic rings. The molecule has 1 saturated heterocycles. The summed E-state index contributed by atoms with van der Waals surface area (Å²) in [4.78, 5) is 12.6. The van der Waals surface area contributed by atoms with E-state index in [1.54, 1.807) is 6.07 Å². The van der Waals surface area contributed by atoms with Gasteiger partial charge in [-0.2, -0.15) is 0 Å². The van der Waals surface area contributed by atoms with E-state index in [1.165, 1.54) is 6.08 Å². The zero-order valence-electron chi connectivity index (χ0n) is 10.2. The SMILES string of the molecule is O=C(O)/C=C/c1ccc(N2CCS(=O)CC2)cc1Cl. The highest BCUT2D eigenvalue weighted by atomic mass is 35.5. The topological polar surface area (TPSA) is 57.6 Å². The fourth-order valence-corrected chi connectivity index (χ4v) is 3.20. The molecule has 19 heavy (non-hydrogen) atoms. The molecule has 0 saturated carbocycles. The highest BCUT2D eigenvalue weighted by Crippen LogP contribution is 2.25. The first kappa shape index (κ1) is 14.1. The number of aliphatic carboxylic acids is 1. The Hall–Kier alpha value is -1.33. The molecule has 1 aromatic rings. The molecule has 0 unspecified atom stereocenters. The van der Waals surface area contributed by atoms with Crippen molar-refractivity contribution in [3.8, 4) is 0 Å². The van der Waals surface area contributed by atoms with Gasteiger partial charge in [-0.15, -0.1) is 0 Å². The summed E-state index contributed by atoms with van der Waals surface area (Å²) in [5, 5.41) is 9.10. The monoisotopic (exact) mass is 299 g/mol. The van der Waals surface area contributed by atoms with Crippen LogP contribution in [-0.4, -0.2) is 39.9 Å². The van der Waals surface area contributed by atoms with Crippen molar-refractivity contribution in [3.63, 3.8) is 0 Å². The molecule has 1 N–H and O–H groups in total. The predicted molar refractivity (Wildman–Crippen MR) is 78.2 cm³/mol. The third kappa shape index (κ3) is 3.81. The fourth-order valence-electron chi connectivity index (χ4n) is 1.91. The number of rotatable bonds is 3. The van der Waals surface area contributed by atoms with Crippen molar-refractivity contribution < 1.29 is 14.1 Å². The largest absolute Gasteiger partial charge is 0.478 e. The Bertz CT molecular complexity index is 535. The molecule has 102 valence electrons. The van der Waals surface area contributed by atoms with Crippen molar-refractivity contribution in [1.82, 2.24) is 0 Å². The summed E-state index contributed by atoms with van der Waals surface area (Å²) in [6.45, 7) is 1.51. The van der Waals surface area contributed by atoms with Gasteiger partial charge in [0.15, 0.2) is 0 Å². The van der Waals surface area contributed by atoms with E-state index in [9.17, 15) is 9.00 Å². The smallest absolute Gasteiger partial charge is 0.328 e. The Balaban J connectivity index is 2.14. The van der Waals surface area contributed by atoms with Crippen molar-refractivity contribution in [3.05, 3.63) is 34.9 Å². The number of anilines is 1. The summed E-state index contributed by atoms with van der Waals surface area (Å²) in [7, 11) is -0.704. The van der Waals surface area contributed by atoms with Gasteiger partial charge < -0.3 is 10.0 Å². The van der Waals surface area contributed by atoms with Crippen LogP contribution in [0, 0.1) is 0 Å². The lowest BCUT2D eigenvalue weighted by Crippen LogP contribution is -2.37. The highest BCUT2D eigenvalue weighted by molar-refractivity contribution is 7.85. The van der Waals surface area contributed by atoms with Gasteiger partial charge in [-0.1, -0.05) is 17.7 Å². The lowest BCUT2D eigenvalue weighted by molar-refractivity contribution is -0.131. The molecule has 0 radical (unpaired) electrons. The summed E-state index contributed by atoms with van der Waals surface area (Å²) in [5.74, 6) is 0.356. The van der Waals surface area contributed by atoms with Crippen LogP contribution in [0.3, 0.4) is 0 Å². The third-order valence-corrected chi connectivity index (χ3v) is 4.54. The normalized spacial score (nSPS) is 17.0. The number of carboxylic acid groups (broad SMARTS) is 1. The first-order valence-electron chi connectivity index (χ1n) is 5.87. The maximum Gasteiger partial charge on any atom is 0.328 e. The molecule has 6 heteroatoms. The van der Waals surface area contributed by atoms with E-state index in [0.717, 1.165) is 24.9 Å². The van der Waals surface area contributed by atoms with E-state index in [4.69, 9.17) is 16.7 Å². The third-order valence-electron chi connectivity index (χ3n) is 2.93. The van der Waals surface area contributed by atoms with Gasteiger partial charge in [0.25, 0.3) is 0 Å². The molecule has 0 bridgehead atoms. The molecule has 4 nitrogen and oxygen atoms in total. The second kappa shape index (κ2) is 6.21. The van der Waals surface area contributed by atoms with Crippen molar-refractivity contribution in [1.29, 1.82) is 0 Å². The molecular weight excluding hydrogens is 286 g/mol. The van der Waals surface area contributed by atoms with Gasteiger partial charge in [-0.25, -0.2) is 4.79 Å². The standard InChI is InChI=1S/C13H14ClNO3S/c14-12-9-11(15-5-7-19(18)8-6-15)3-1-10(12)2-4-13(16)17/h1-4,9H,5-8H2,(H,16,17)/b4-2+. The van der Waals surface area contributed by atoms with Gasteiger partial charge in [0.2, 0.25) is 0 Å². The van der Waals surface area contributed by atoms with Gasteiger partial charge in [0, 0.05) is 52.2 Å². The Morgan fingerprint density at radius 2 is 2.05 bits per heavy atom. The highest BCUT2D eigenvalue weighted by Gasteiger charge is 2.16. The van der Waals surface area contributed by atoms with Crippen molar-refractivity contribution in [2.75, 3.05) is 29.5 Å². The van der Waals surface area contributed by atoms with E-state index in [2.05, 4.69) is 4.90 Å². The summed E-state index contributed by atoms with van der Waals surface area (Å²) in [6, 6.07) is 5.52. The Morgan fingerprint density at radius 3 is 2.63 bits per heavy atom. The molecule has 2 rings (SSSR count). The number of halogens is 1. The van der Waals surface area contributed by atoms with Crippen LogP contribution in [0.2, 0.25) is 5.02 Å². The van der Waals surface area contributed by atoms with Crippen molar-refractivity contribution in [2.45, 2.75) is 0 Å². The molecule has 1 fully saturated rings. The van der Waals surface area contributed by atoms with E-state index < -0.39 is 16.8 Å². The molecule has 0 atom stereocenters. The number of hydrogen-bond donors (Lipinski definition) is 1. The van der Waals surface area contributed by atoms with Crippen molar-refractivity contribution in [2.24, 2.45) is 0 Å². The van der Waals surface area contributed by atoms with Crippen LogP contribution >= 0.6 is 11.6 Å². The van der Waals surface area contributed by atoms with Crippen LogP contribution in [0.1, 0.15) is 5.56 Å². The summed E-state index contributed by atoms with van der Waals surface area (Å²) in [6.07, 6.45) is 2.53. The predicted octanol–water partition coefficient (Wildman–Crippen LogP) is 2.01. The van der Waals surface area contributed by atoms with Gasteiger partial charge in [0.05, 0.1) is 0 Å². The van der Waals surface area contributed by atoms with Crippen LogP contribution < -0.4 is 4.90 Å². The average molecular weight is 300 g/mol. The Morgan fingerprint density at radius 1 is 1.37 bits per heavy atom. The number of benzene rings is 1. The minimum atomic E-state index is -1.00. The molecule has 1 aliphatic heterocycles. The summed E-state index contributed by atoms with van der Waals surface area (Å²) < 4.78 is 11.3. The van der Waals surface area contributed by atoms with Gasteiger partial charge in [-0.3, -0.25) is 4.21 Å². The number of carbonyl (C=O) groups is 1. The van der Waals surface area contributed by atoms with Crippen LogP contribution in [0.15, 0.2) is 24.3 Å². The maximum absolute atomic E-state index is 11.3. The number of hydrogen-bond acceptors (Lipinski definition) is 3. The summed E-state index contributed by atoms with van der Waals surface area (Å²) in [5.41, 5.74) is 1.66. The molecule has 0 spiro atoms. The molecule has 0 aliphatic carbocycles. The van der Waals surface area contributed by atoms with E-state index in [-0.39, 0.29) is 0 Å². The van der Waals surface area contributed by atoms with Crippen molar-refractivity contribution >= 4 is 40.1 Å². The first-order valence-corrected chi connectivity index (χ1v) is 7.73. The zero-order valence-corrected chi connectivity index (χ0v) is 11.8. The van der Waals surface area contributed by atoms with E-state index in [1.807, 2.05) is 12.1 Å². The summed E-state index contributed by atoms with van der Waals surface area (Å²) >= 11 is 6.13. The van der Waals surface area contributed by atoms with E-state index >= 15 is 0 Å². The lowest BCUT2D eigenvalue weighted by atomic mass is 10.1. The second-order valence-corrected chi connectivity index (χ2v) is 6.32. The Kier molecular flexibility index (Phi) is 4.61. The number of nitrogens with zero attached hydrogens (tertiary/aromatic N) is 1. The van der Waals surface area contributed by atoms with Crippen LogP contribution in [0.4, 0.5) is 5.69 Å². The van der Waals surface area contributed by atoms with Gasteiger partial charge in [-0.05, 0) is 23.8 Å². The second-order valence-electron chi connectivity index (χ2n) is 4.21. The maximum atomic E-state index is 11.3. The quantitative estimate of drug-likeness (QED) is 0.868. The number of carboxylic acids is 1. The molecule has 1 heterocycles. The van der Waals surface area contributed by atoms with Crippen LogP contribution in [-0.2, 0) is 15.6 Å². The minimum absolute atomic E-state index is 0.515. The minimum Gasteiger partial charge on any atom is -0.478 e. The van der Waals surface area contributed by atoms with Crippen LogP contribution in [0.25, 0.3) is 6.08 Å². The van der Waals surface area contributed by atoms with E-state index in [0.29, 0.717) is 22.1 Å². The molecule has 1 aromatic carbocycles. The first-order chi connectivity index (χ1) is 9.06. The van der Waals surface area contributed by atoms with Crippen LogP contribution in [0.5, 0.6) is 0 Å². The van der Waals surface area contributed by atoms with Gasteiger partial charge in [0.1, 0.15) is 0 Å².